The molecule has 7 nitrogen and oxygen atoms in total. The van der Waals surface area contributed by atoms with Crippen molar-refractivity contribution < 1.29 is 14.4 Å². The number of hydrogen-bond donors (Lipinski definition) is 2. The molecule has 2 N–H and O–H groups in total. The normalized spacial score (nSPS) is 14.3. The van der Waals surface area contributed by atoms with E-state index in [-0.39, 0.29) is 30.8 Å². The van der Waals surface area contributed by atoms with Gasteiger partial charge in [-0.25, -0.2) is 0 Å². The minimum absolute atomic E-state index is 0.0381. The number of anilines is 3. The van der Waals surface area contributed by atoms with Gasteiger partial charge in [0, 0.05) is 5.69 Å². The van der Waals surface area contributed by atoms with E-state index in [0.717, 1.165) is 5.56 Å². The monoisotopic (exact) mass is 380 g/mol. The molecule has 3 amide bonds. The fourth-order valence-corrected chi connectivity index (χ4v) is 3.04. The second kappa shape index (κ2) is 8.22. The number of nitrogens with one attached hydrogen (secondary N) is 2. The zero-order valence-corrected chi connectivity index (χ0v) is 16.2. The van der Waals surface area contributed by atoms with Crippen LogP contribution in [0.3, 0.4) is 0 Å². The molecule has 2 aromatic carbocycles. The molecule has 0 aromatic heterocycles. The average Bonchev–Trinajstić information content (AvgIpc) is 2.67. The van der Waals surface area contributed by atoms with Crippen LogP contribution in [0, 0.1) is 6.92 Å². The predicted octanol–water partition coefficient (Wildman–Crippen LogP) is 2.24. The highest BCUT2D eigenvalue weighted by Crippen LogP contribution is 2.29. The molecule has 146 valence electrons. The number of likely N-dealkylation sites (N-methyl/N-ethyl adjacent to an activating group) is 1. The van der Waals surface area contributed by atoms with Crippen LogP contribution in [0.15, 0.2) is 48.5 Å². The second-order valence-electron chi connectivity index (χ2n) is 6.99. The van der Waals surface area contributed by atoms with Crippen molar-refractivity contribution in [3.8, 4) is 0 Å². The largest absolute Gasteiger partial charge is 0.325 e. The third-order valence-corrected chi connectivity index (χ3v) is 4.78. The standard InChI is InChI=1S/C21H24N4O3/c1-14-8-10-16(11-9-14)22-19(26)12-24(3)15(2)21(28)25-13-20(27)23-17-6-4-5-7-18(17)25/h4-11,15H,12-13H2,1-3H3,(H,22,26)(H,23,27)/t15-/m0/s1. The number of rotatable bonds is 5. The Morgan fingerprint density at radius 3 is 2.57 bits per heavy atom. The number of carbonyl (C=O) groups excluding carboxylic acids is 3. The Labute approximate surface area is 164 Å². The smallest absolute Gasteiger partial charge is 0.244 e. The minimum Gasteiger partial charge on any atom is -0.325 e. The molecule has 0 spiro atoms. The van der Waals surface area contributed by atoms with E-state index >= 15 is 0 Å². The summed E-state index contributed by atoms with van der Waals surface area (Å²) in [5, 5.41) is 5.59. The van der Waals surface area contributed by atoms with Crippen molar-refractivity contribution in [1.29, 1.82) is 0 Å². The molecule has 1 heterocycles. The third-order valence-electron chi connectivity index (χ3n) is 4.78. The number of hydrogen-bond acceptors (Lipinski definition) is 4. The zero-order chi connectivity index (χ0) is 20.3. The van der Waals surface area contributed by atoms with Crippen molar-refractivity contribution in [3.05, 3.63) is 54.1 Å². The number of fused-ring (bicyclic) bond motifs is 1. The summed E-state index contributed by atoms with van der Waals surface area (Å²) in [6.07, 6.45) is 0. The van der Waals surface area contributed by atoms with E-state index in [1.54, 1.807) is 37.1 Å². The minimum atomic E-state index is -0.567. The topological polar surface area (TPSA) is 81.8 Å². The van der Waals surface area contributed by atoms with Gasteiger partial charge in [-0.3, -0.25) is 24.2 Å². The second-order valence-corrected chi connectivity index (χ2v) is 6.99. The lowest BCUT2D eigenvalue weighted by molar-refractivity contribution is -0.126. The Morgan fingerprint density at radius 2 is 1.86 bits per heavy atom. The first-order valence-electron chi connectivity index (χ1n) is 9.12. The number of amides is 3. The molecule has 7 heteroatoms. The van der Waals surface area contributed by atoms with Gasteiger partial charge in [-0.15, -0.1) is 0 Å². The van der Waals surface area contributed by atoms with Crippen LogP contribution in [0.1, 0.15) is 12.5 Å². The first kappa shape index (κ1) is 19.6. The lowest BCUT2D eigenvalue weighted by Gasteiger charge is -2.33. The molecule has 1 aliphatic heterocycles. The number of para-hydroxylation sites is 2. The Balaban J connectivity index is 1.65. The average molecular weight is 380 g/mol. The number of nitrogens with zero attached hydrogens (tertiary/aromatic N) is 2. The van der Waals surface area contributed by atoms with Crippen molar-refractivity contribution >= 4 is 34.8 Å². The van der Waals surface area contributed by atoms with Gasteiger partial charge in [0.25, 0.3) is 0 Å². The molecule has 1 aliphatic rings. The predicted molar refractivity (Wildman–Crippen MR) is 109 cm³/mol. The van der Waals surface area contributed by atoms with E-state index in [2.05, 4.69) is 10.6 Å². The maximum atomic E-state index is 13.0. The van der Waals surface area contributed by atoms with Crippen LogP contribution in [0.2, 0.25) is 0 Å². The third kappa shape index (κ3) is 4.37. The molecular weight excluding hydrogens is 356 g/mol. The Kier molecular flexibility index (Phi) is 5.75. The van der Waals surface area contributed by atoms with Gasteiger partial charge in [0.2, 0.25) is 17.7 Å². The molecule has 0 radical (unpaired) electrons. The quantitative estimate of drug-likeness (QED) is 0.834. The molecule has 0 saturated heterocycles. The molecular formula is C21H24N4O3. The molecule has 3 rings (SSSR count). The van der Waals surface area contributed by atoms with Crippen LogP contribution in [0.25, 0.3) is 0 Å². The molecule has 2 aromatic rings. The van der Waals surface area contributed by atoms with Crippen molar-refractivity contribution in [3.63, 3.8) is 0 Å². The lowest BCUT2D eigenvalue weighted by atomic mass is 10.1. The highest BCUT2D eigenvalue weighted by molar-refractivity contribution is 6.11. The van der Waals surface area contributed by atoms with Gasteiger partial charge >= 0.3 is 0 Å². The van der Waals surface area contributed by atoms with Crippen LogP contribution in [0.5, 0.6) is 0 Å². The SMILES string of the molecule is Cc1ccc(NC(=O)CN(C)[C@@H](C)C(=O)N2CC(=O)Nc3ccccc32)cc1. The first-order chi connectivity index (χ1) is 13.3. The van der Waals surface area contributed by atoms with E-state index in [9.17, 15) is 14.4 Å². The Bertz CT molecular complexity index is 895. The van der Waals surface area contributed by atoms with E-state index < -0.39 is 6.04 Å². The number of aryl methyl sites for hydroxylation is 1. The molecule has 0 fully saturated rings. The van der Waals surface area contributed by atoms with Crippen molar-refractivity contribution in [2.45, 2.75) is 19.9 Å². The summed E-state index contributed by atoms with van der Waals surface area (Å²) in [6.45, 7) is 3.73. The van der Waals surface area contributed by atoms with Crippen LogP contribution >= 0.6 is 0 Å². The highest BCUT2D eigenvalue weighted by atomic mass is 16.2. The van der Waals surface area contributed by atoms with Crippen LogP contribution in [-0.2, 0) is 14.4 Å². The lowest BCUT2D eigenvalue weighted by Crippen LogP contribution is -2.51. The summed E-state index contributed by atoms with van der Waals surface area (Å²) in [4.78, 5) is 40.4. The fraction of sp³-hybridized carbons (Fsp3) is 0.286. The fourth-order valence-electron chi connectivity index (χ4n) is 3.04. The summed E-state index contributed by atoms with van der Waals surface area (Å²) in [6, 6.07) is 14.1. The van der Waals surface area contributed by atoms with Crippen molar-refractivity contribution in [1.82, 2.24) is 4.90 Å². The van der Waals surface area contributed by atoms with Gasteiger partial charge in [0.15, 0.2) is 0 Å². The summed E-state index contributed by atoms with van der Waals surface area (Å²) in [5.41, 5.74) is 3.10. The number of carbonyl (C=O) groups is 3. The molecule has 0 aliphatic carbocycles. The maximum Gasteiger partial charge on any atom is 0.244 e. The van der Waals surface area contributed by atoms with Gasteiger partial charge < -0.3 is 10.6 Å². The van der Waals surface area contributed by atoms with Crippen molar-refractivity contribution in [2.24, 2.45) is 0 Å². The molecule has 28 heavy (non-hydrogen) atoms. The molecule has 0 bridgehead atoms. The molecule has 0 saturated carbocycles. The highest BCUT2D eigenvalue weighted by Gasteiger charge is 2.31. The summed E-state index contributed by atoms with van der Waals surface area (Å²) in [5.74, 6) is -0.672. The Morgan fingerprint density at radius 1 is 1.18 bits per heavy atom. The van der Waals surface area contributed by atoms with Crippen LogP contribution in [-0.4, -0.2) is 48.8 Å². The van der Waals surface area contributed by atoms with Gasteiger partial charge in [0.05, 0.1) is 24.0 Å². The van der Waals surface area contributed by atoms with Gasteiger partial charge in [-0.1, -0.05) is 29.8 Å². The zero-order valence-electron chi connectivity index (χ0n) is 16.2. The maximum absolute atomic E-state index is 13.0. The van der Waals surface area contributed by atoms with Crippen LogP contribution < -0.4 is 15.5 Å². The summed E-state index contributed by atoms with van der Waals surface area (Å²) < 4.78 is 0. The van der Waals surface area contributed by atoms with Gasteiger partial charge in [0.1, 0.15) is 6.54 Å². The van der Waals surface area contributed by atoms with Crippen LogP contribution in [0.4, 0.5) is 17.1 Å². The van der Waals surface area contributed by atoms with E-state index in [1.165, 1.54) is 4.90 Å². The first-order valence-corrected chi connectivity index (χ1v) is 9.12. The van der Waals surface area contributed by atoms with E-state index in [0.29, 0.717) is 17.1 Å². The van der Waals surface area contributed by atoms with E-state index in [4.69, 9.17) is 0 Å². The van der Waals surface area contributed by atoms with E-state index in [1.807, 2.05) is 37.3 Å². The van der Waals surface area contributed by atoms with Gasteiger partial charge in [-0.05, 0) is 45.2 Å². The number of benzene rings is 2. The van der Waals surface area contributed by atoms with Crippen molar-refractivity contribution in [2.75, 3.05) is 35.7 Å². The molecule has 1 atom stereocenters. The summed E-state index contributed by atoms with van der Waals surface area (Å²) in [7, 11) is 1.72. The molecule has 0 unspecified atom stereocenters. The van der Waals surface area contributed by atoms with Gasteiger partial charge in [-0.2, -0.15) is 0 Å². The summed E-state index contributed by atoms with van der Waals surface area (Å²) >= 11 is 0. The Hall–Kier alpha value is -3.19.